The number of carbonyl (C=O) groups is 1. The van der Waals surface area contributed by atoms with Crippen molar-refractivity contribution >= 4 is 5.91 Å². The Morgan fingerprint density at radius 1 is 1.20 bits per heavy atom. The summed E-state index contributed by atoms with van der Waals surface area (Å²) < 4.78 is 0. The Morgan fingerprint density at radius 2 is 1.90 bits per heavy atom. The van der Waals surface area contributed by atoms with Crippen LogP contribution >= 0.6 is 0 Å². The molecule has 0 spiro atoms. The molecule has 0 aliphatic carbocycles. The molecule has 0 aromatic rings. The maximum Gasteiger partial charge on any atom is 0.227 e. The molecule has 2 aliphatic rings. The molecule has 0 aromatic heterocycles. The number of nitrogens with two attached hydrogens (primary N) is 1. The number of nitrogens with zero attached hydrogens (tertiary/aromatic N) is 2. The van der Waals surface area contributed by atoms with E-state index in [1.54, 1.807) is 0 Å². The normalized spacial score (nSPS) is 26.2. The zero-order valence-electron chi connectivity index (χ0n) is 13.2. The lowest BCUT2D eigenvalue weighted by molar-refractivity contribution is -0.137. The fraction of sp³-hybridized carbons (Fsp3) is 0.938. The van der Waals surface area contributed by atoms with E-state index in [4.69, 9.17) is 5.73 Å². The van der Waals surface area contributed by atoms with Gasteiger partial charge < -0.3 is 10.6 Å². The summed E-state index contributed by atoms with van der Waals surface area (Å²) >= 11 is 0. The van der Waals surface area contributed by atoms with E-state index in [2.05, 4.69) is 23.6 Å². The highest BCUT2D eigenvalue weighted by molar-refractivity contribution is 5.79. The largest absolute Gasteiger partial charge is 0.341 e. The molecule has 1 amide bonds. The zero-order chi connectivity index (χ0) is 14.5. The Labute approximate surface area is 123 Å². The van der Waals surface area contributed by atoms with Gasteiger partial charge in [-0.1, -0.05) is 13.8 Å². The van der Waals surface area contributed by atoms with Gasteiger partial charge in [-0.05, 0) is 51.1 Å². The summed E-state index contributed by atoms with van der Waals surface area (Å²) in [5, 5.41) is 0. The molecule has 4 heteroatoms. The van der Waals surface area contributed by atoms with Crippen molar-refractivity contribution in [2.24, 2.45) is 17.6 Å². The fourth-order valence-electron chi connectivity index (χ4n) is 3.68. The van der Waals surface area contributed by atoms with Gasteiger partial charge in [0.1, 0.15) is 0 Å². The molecule has 2 saturated heterocycles. The zero-order valence-corrected chi connectivity index (χ0v) is 13.2. The standard InChI is InChI=1S/C16H31N3O/c1-13(2)10-14(11-17)16(20)19-9-5-6-15(12-19)18-7-3-4-8-18/h13-15H,3-12,17H2,1-2H3. The average Bonchev–Trinajstić information content (AvgIpc) is 2.98. The van der Waals surface area contributed by atoms with E-state index < -0.39 is 0 Å². The van der Waals surface area contributed by atoms with Crippen LogP contribution in [0.1, 0.15) is 46.0 Å². The van der Waals surface area contributed by atoms with Crippen molar-refractivity contribution < 1.29 is 4.79 Å². The fourth-order valence-corrected chi connectivity index (χ4v) is 3.68. The van der Waals surface area contributed by atoms with E-state index >= 15 is 0 Å². The van der Waals surface area contributed by atoms with Crippen LogP contribution in [0.2, 0.25) is 0 Å². The van der Waals surface area contributed by atoms with Gasteiger partial charge in [0.05, 0.1) is 5.92 Å². The predicted octanol–water partition coefficient (Wildman–Crippen LogP) is 1.69. The lowest BCUT2D eigenvalue weighted by Gasteiger charge is -2.39. The summed E-state index contributed by atoms with van der Waals surface area (Å²) in [4.78, 5) is 17.3. The molecule has 116 valence electrons. The summed E-state index contributed by atoms with van der Waals surface area (Å²) in [6.07, 6.45) is 5.96. The second-order valence-electron chi connectivity index (χ2n) is 6.89. The van der Waals surface area contributed by atoms with Gasteiger partial charge in [-0.15, -0.1) is 0 Å². The van der Waals surface area contributed by atoms with E-state index in [-0.39, 0.29) is 5.92 Å². The number of likely N-dealkylation sites (tertiary alicyclic amines) is 2. The summed E-state index contributed by atoms with van der Waals surface area (Å²) in [5.74, 6) is 0.851. The quantitative estimate of drug-likeness (QED) is 0.834. The molecule has 0 saturated carbocycles. The molecule has 2 heterocycles. The molecule has 0 aromatic carbocycles. The van der Waals surface area contributed by atoms with Crippen molar-refractivity contribution in [3.05, 3.63) is 0 Å². The molecule has 0 bridgehead atoms. The van der Waals surface area contributed by atoms with Crippen LogP contribution in [0.5, 0.6) is 0 Å². The van der Waals surface area contributed by atoms with Gasteiger partial charge in [0.2, 0.25) is 5.91 Å². The first-order chi connectivity index (χ1) is 9.61. The van der Waals surface area contributed by atoms with Crippen LogP contribution in [0, 0.1) is 11.8 Å². The second-order valence-corrected chi connectivity index (χ2v) is 6.89. The summed E-state index contributed by atoms with van der Waals surface area (Å²) in [6, 6.07) is 0.590. The van der Waals surface area contributed by atoms with E-state index in [1.807, 2.05) is 0 Å². The van der Waals surface area contributed by atoms with Crippen molar-refractivity contribution in [3.8, 4) is 0 Å². The molecule has 2 rings (SSSR count). The molecular weight excluding hydrogens is 250 g/mol. The highest BCUT2D eigenvalue weighted by Gasteiger charge is 2.31. The number of amides is 1. The number of hydrogen-bond donors (Lipinski definition) is 1. The number of rotatable bonds is 5. The molecule has 2 fully saturated rings. The minimum absolute atomic E-state index is 0.0207. The molecule has 20 heavy (non-hydrogen) atoms. The van der Waals surface area contributed by atoms with Crippen molar-refractivity contribution in [1.82, 2.24) is 9.80 Å². The van der Waals surface area contributed by atoms with Gasteiger partial charge in [0.25, 0.3) is 0 Å². The van der Waals surface area contributed by atoms with Gasteiger partial charge >= 0.3 is 0 Å². The maximum atomic E-state index is 12.7. The summed E-state index contributed by atoms with van der Waals surface area (Å²) in [6.45, 7) is 9.11. The maximum absolute atomic E-state index is 12.7. The van der Waals surface area contributed by atoms with Crippen molar-refractivity contribution in [2.45, 2.75) is 52.0 Å². The summed E-state index contributed by atoms with van der Waals surface area (Å²) in [5.41, 5.74) is 5.83. The third-order valence-corrected chi connectivity index (χ3v) is 4.75. The highest BCUT2D eigenvalue weighted by Crippen LogP contribution is 2.22. The van der Waals surface area contributed by atoms with E-state index in [9.17, 15) is 4.79 Å². The first-order valence-electron chi connectivity index (χ1n) is 8.34. The van der Waals surface area contributed by atoms with Crippen LogP contribution in [0.25, 0.3) is 0 Å². The Bertz CT molecular complexity index is 313. The number of carbonyl (C=O) groups excluding carboxylic acids is 1. The van der Waals surface area contributed by atoms with Gasteiger partial charge in [-0.2, -0.15) is 0 Å². The molecule has 2 aliphatic heterocycles. The molecular formula is C16H31N3O. The van der Waals surface area contributed by atoms with Crippen LogP contribution in [0.3, 0.4) is 0 Å². The average molecular weight is 281 g/mol. The predicted molar refractivity (Wildman–Crippen MR) is 82.4 cm³/mol. The highest BCUT2D eigenvalue weighted by atomic mass is 16.2. The smallest absolute Gasteiger partial charge is 0.227 e. The van der Waals surface area contributed by atoms with Crippen molar-refractivity contribution in [1.29, 1.82) is 0 Å². The van der Waals surface area contributed by atoms with Crippen LogP contribution in [-0.2, 0) is 4.79 Å². The first kappa shape index (κ1) is 15.8. The minimum atomic E-state index is 0.0207. The lowest BCUT2D eigenvalue weighted by atomic mass is 9.94. The van der Waals surface area contributed by atoms with Gasteiger partial charge in [0, 0.05) is 25.7 Å². The molecule has 2 atom stereocenters. The Morgan fingerprint density at radius 3 is 2.50 bits per heavy atom. The summed E-state index contributed by atoms with van der Waals surface area (Å²) in [7, 11) is 0. The minimum Gasteiger partial charge on any atom is -0.341 e. The molecule has 2 N–H and O–H groups in total. The van der Waals surface area contributed by atoms with Crippen LogP contribution in [-0.4, -0.2) is 54.5 Å². The lowest BCUT2D eigenvalue weighted by Crippen LogP contribution is -2.51. The van der Waals surface area contributed by atoms with Crippen molar-refractivity contribution in [3.63, 3.8) is 0 Å². The monoisotopic (exact) mass is 281 g/mol. The Balaban J connectivity index is 1.91. The molecule has 2 unspecified atom stereocenters. The topological polar surface area (TPSA) is 49.6 Å². The van der Waals surface area contributed by atoms with Gasteiger partial charge in [-0.25, -0.2) is 0 Å². The third kappa shape index (κ3) is 3.95. The number of hydrogen-bond acceptors (Lipinski definition) is 3. The van der Waals surface area contributed by atoms with Crippen molar-refractivity contribution in [2.75, 3.05) is 32.7 Å². The van der Waals surface area contributed by atoms with Crippen LogP contribution in [0.4, 0.5) is 0 Å². The van der Waals surface area contributed by atoms with Crippen LogP contribution < -0.4 is 5.73 Å². The Kier molecular flexibility index (Phi) is 5.85. The third-order valence-electron chi connectivity index (χ3n) is 4.75. The van der Waals surface area contributed by atoms with E-state index in [1.165, 1.54) is 32.4 Å². The van der Waals surface area contributed by atoms with E-state index in [0.29, 0.717) is 24.4 Å². The van der Waals surface area contributed by atoms with Gasteiger partial charge in [0.15, 0.2) is 0 Å². The van der Waals surface area contributed by atoms with E-state index in [0.717, 1.165) is 25.9 Å². The van der Waals surface area contributed by atoms with Crippen LogP contribution in [0.15, 0.2) is 0 Å². The first-order valence-corrected chi connectivity index (χ1v) is 8.34. The molecule has 0 radical (unpaired) electrons. The SMILES string of the molecule is CC(C)CC(CN)C(=O)N1CCCC(N2CCCC2)C1. The Hall–Kier alpha value is -0.610. The number of piperidine rings is 1. The molecule has 4 nitrogen and oxygen atoms in total. The van der Waals surface area contributed by atoms with Gasteiger partial charge in [-0.3, -0.25) is 9.69 Å². The second kappa shape index (κ2) is 7.41.